The zero-order chi connectivity index (χ0) is 14.0. The number of halogens is 1. The van der Waals surface area contributed by atoms with Crippen molar-refractivity contribution in [2.45, 2.75) is 11.8 Å². The van der Waals surface area contributed by atoms with Gasteiger partial charge in [0.25, 0.3) is 0 Å². The maximum atomic E-state index is 12.1. The third-order valence-electron chi connectivity index (χ3n) is 2.43. The first-order valence-corrected chi connectivity index (χ1v) is 7.41. The highest BCUT2D eigenvalue weighted by Crippen LogP contribution is 2.23. The molecule has 3 N–H and O–H groups in total. The van der Waals surface area contributed by atoms with Gasteiger partial charge in [-0.25, -0.2) is 17.8 Å². The van der Waals surface area contributed by atoms with Crippen LogP contribution < -0.4 is 10.5 Å². The van der Waals surface area contributed by atoms with Crippen molar-refractivity contribution in [3.05, 3.63) is 35.5 Å². The van der Waals surface area contributed by atoms with Crippen molar-refractivity contribution in [2.24, 2.45) is 0 Å². The number of hydrogen-bond donors (Lipinski definition) is 2. The van der Waals surface area contributed by atoms with Crippen molar-refractivity contribution in [2.75, 3.05) is 12.3 Å². The number of nitrogens with two attached hydrogens (primary N) is 1. The van der Waals surface area contributed by atoms with Crippen molar-refractivity contribution in [1.82, 2.24) is 14.5 Å². The Hall–Kier alpha value is -1.57. The Morgan fingerprint density at radius 3 is 2.68 bits per heavy atom. The molecule has 1 aromatic carbocycles. The molecule has 0 aliphatic carbocycles. The van der Waals surface area contributed by atoms with Crippen molar-refractivity contribution < 1.29 is 8.42 Å². The van der Waals surface area contributed by atoms with Crippen molar-refractivity contribution in [3.8, 4) is 5.69 Å². The highest BCUT2D eigenvalue weighted by molar-refractivity contribution is 7.89. The van der Waals surface area contributed by atoms with Gasteiger partial charge >= 0.3 is 0 Å². The van der Waals surface area contributed by atoms with E-state index in [9.17, 15) is 8.42 Å². The minimum absolute atomic E-state index is 0.121. The Labute approximate surface area is 116 Å². The van der Waals surface area contributed by atoms with E-state index in [0.717, 1.165) is 0 Å². The van der Waals surface area contributed by atoms with Gasteiger partial charge in [-0.3, -0.25) is 0 Å². The number of nitrogens with zero attached hydrogens (tertiary/aromatic N) is 2. The number of benzene rings is 1. The Morgan fingerprint density at radius 1 is 1.42 bits per heavy atom. The lowest BCUT2D eigenvalue weighted by atomic mass is 10.3. The fourth-order valence-electron chi connectivity index (χ4n) is 1.63. The fraction of sp³-hybridized carbons (Fsp3) is 0.182. The fourth-order valence-corrected chi connectivity index (χ4v) is 2.99. The number of nitrogen functional groups attached to an aromatic ring is 1. The van der Waals surface area contributed by atoms with Crippen LogP contribution in [0.3, 0.4) is 0 Å². The van der Waals surface area contributed by atoms with Crippen LogP contribution >= 0.6 is 11.6 Å². The zero-order valence-electron chi connectivity index (χ0n) is 10.2. The first-order valence-electron chi connectivity index (χ1n) is 5.55. The van der Waals surface area contributed by atoms with Crippen LogP contribution in [0.25, 0.3) is 5.69 Å². The van der Waals surface area contributed by atoms with E-state index in [0.29, 0.717) is 12.2 Å². The highest BCUT2D eigenvalue weighted by Gasteiger charge is 2.19. The minimum atomic E-state index is -3.59. The summed E-state index contributed by atoms with van der Waals surface area (Å²) in [6, 6.07) is 6.49. The van der Waals surface area contributed by atoms with E-state index in [1.54, 1.807) is 25.1 Å². The average Bonchev–Trinajstić information content (AvgIpc) is 2.69. The second kappa shape index (κ2) is 5.20. The van der Waals surface area contributed by atoms with E-state index in [4.69, 9.17) is 17.3 Å². The highest BCUT2D eigenvalue weighted by atomic mass is 35.5. The molecule has 0 aliphatic heterocycles. The van der Waals surface area contributed by atoms with Crippen molar-refractivity contribution >= 4 is 27.4 Å². The van der Waals surface area contributed by atoms with E-state index in [2.05, 4.69) is 9.82 Å². The van der Waals surface area contributed by atoms with E-state index in [1.807, 2.05) is 0 Å². The normalized spacial score (nSPS) is 11.7. The smallest absolute Gasteiger partial charge is 0.242 e. The Balaban J connectivity index is 2.59. The van der Waals surface area contributed by atoms with Gasteiger partial charge in [-0.15, -0.1) is 5.10 Å². The third-order valence-corrected chi connectivity index (χ3v) is 4.32. The van der Waals surface area contributed by atoms with E-state index in [-0.39, 0.29) is 15.7 Å². The van der Waals surface area contributed by atoms with Gasteiger partial charge in [-0.1, -0.05) is 30.7 Å². The average molecular weight is 301 g/mol. The molecule has 0 fully saturated rings. The van der Waals surface area contributed by atoms with Crippen LogP contribution in [0.4, 0.5) is 5.82 Å². The van der Waals surface area contributed by atoms with Gasteiger partial charge in [0.15, 0.2) is 5.82 Å². The number of aromatic nitrogens is 2. The summed E-state index contributed by atoms with van der Waals surface area (Å²) in [4.78, 5) is 0.121. The molecular formula is C11H13ClN4O2S. The maximum Gasteiger partial charge on any atom is 0.242 e. The molecule has 2 rings (SSSR count). The molecule has 2 aromatic rings. The predicted octanol–water partition coefficient (Wildman–Crippen LogP) is 1.41. The molecule has 0 spiro atoms. The second-order valence-electron chi connectivity index (χ2n) is 3.78. The maximum absolute atomic E-state index is 12.1. The van der Waals surface area contributed by atoms with Gasteiger partial charge < -0.3 is 5.73 Å². The lowest BCUT2D eigenvalue weighted by Gasteiger charge is -2.10. The van der Waals surface area contributed by atoms with Crippen LogP contribution in [0.1, 0.15) is 6.92 Å². The summed E-state index contributed by atoms with van der Waals surface area (Å²) in [6.45, 7) is 2.02. The molecular weight excluding hydrogens is 288 g/mol. The lowest BCUT2D eigenvalue weighted by Crippen LogP contribution is -2.24. The summed E-state index contributed by atoms with van der Waals surface area (Å²) < 4.78 is 28.0. The van der Waals surface area contributed by atoms with Crippen molar-refractivity contribution in [1.29, 1.82) is 0 Å². The Bertz CT molecular complexity index is 677. The number of para-hydroxylation sites is 1. The molecule has 0 amide bonds. The summed E-state index contributed by atoms with van der Waals surface area (Å²) in [5.41, 5.74) is 5.96. The van der Waals surface area contributed by atoms with Gasteiger partial charge in [-0.05, 0) is 12.1 Å². The summed E-state index contributed by atoms with van der Waals surface area (Å²) in [6.07, 6.45) is 1.47. The molecule has 6 nitrogen and oxygen atoms in total. The van der Waals surface area contributed by atoms with Crippen LogP contribution in [0.15, 0.2) is 35.4 Å². The molecule has 0 bridgehead atoms. The first kappa shape index (κ1) is 13.9. The first-order chi connectivity index (χ1) is 8.95. The summed E-state index contributed by atoms with van der Waals surface area (Å²) in [7, 11) is -3.59. The van der Waals surface area contributed by atoms with E-state index >= 15 is 0 Å². The minimum Gasteiger partial charge on any atom is -0.381 e. The molecule has 0 saturated carbocycles. The van der Waals surface area contributed by atoms with Gasteiger partial charge in [-0.2, -0.15) is 0 Å². The number of rotatable bonds is 4. The van der Waals surface area contributed by atoms with Crippen LogP contribution in [0.5, 0.6) is 0 Å². The molecule has 0 atom stereocenters. The van der Waals surface area contributed by atoms with E-state index in [1.165, 1.54) is 16.9 Å². The number of hydrogen-bond acceptors (Lipinski definition) is 4. The second-order valence-corrected chi connectivity index (χ2v) is 5.92. The van der Waals surface area contributed by atoms with Gasteiger partial charge in [0.2, 0.25) is 10.0 Å². The SMILES string of the molecule is CCNS(=O)(=O)c1ccccc1-n1cc(Cl)c(N)n1. The Kier molecular flexibility index (Phi) is 3.79. The molecule has 0 radical (unpaired) electrons. The quantitative estimate of drug-likeness (QED) is 0.893. The summed E-state index contributed by atoms with van der Waals surface area (Å²) in [5, 5.41) is 4.26. The summed E-state index contributed by atoms with van der Waals surface area (Å²) in [5.74, 6) is 0.150. The lowest BCUT2D eigenvalue weighted by molar-refractivity contribution is 0.583. The standard InChI is InChI=1S/C11H13ClN4O2S/c1-2-14-19(17,18)10-6-4-3-5-9(10)16-7-8(12)11(13)15-16/h3-7,14H,2H2,1H3,(H2,13,15). The van der Waals surface area contributed by atoms with Gasteiger partial charge in [0.1, 0.15) is 9.92 Å². The van der Waals surface area contributed by atoms with Crippen LogP contribution in [0.2, 0.25) is 5.02 Å². The molecule has 0 unspecified atom stereocenters. The molecule has 1 aromatic heterocycles. The molecule has 0 saturated heterocycles. The van der Waals surface area contributed by atoms with E-state index < -0.39 is 10.0 Å². The summed E-state index contributed by atoms with van der Waals surface area (Å²) >= 11 is 5.83. The number of sulfonamides is 1. The molecule has 19 heavy (non-hydrogen) atoms. The predicted molar refractivity (Wildman–Crippen MR) is 73.8 cm³/mol. The molecule has 102 valence electrons. The van der Waals surface area contributed by atoms with Gasteiger partial charge in [0.05, 0.1) is 11.9 Å². The zero-order valence-corrected chi connectivity index (χ0v) is 11.7. The van der Waals surface area contributed by atoms with Gasteiger partial charge in [0, 0.05) is 6.54 Å². The largest absolute Gasteiger partial charge is 0.381 e. The molecule has 1 heterocycles. The number of anilines is 1. The molecule has 8 heteroatoms. The number of nitrogens with one attached hydrogen (secondary N) is 1. The Morgan fingerprint density at radius 2 is 2.11 bits per heavy atom. The van der Waals surface area contributed by atoms with Crippen LogP contribution in [-0.4, -0.2) is 24.7 Å². The third kappa shape index (κ3) is 2.73. The topological polar surface area (TPSA) is 90.0 Å². The van der Waals surface area contributed by atoms with Crippen LogP contribution in [0, 0.1) is 0 Å². The van der Waals surface area contributed by atoms with Crippen molar-refractivity contribution in [3.63, 3.8) is 0 Å². The molecule has 0 aliphatic rings. The van der Waals surface area contributed by atoms with Crippen LogP contribution in [-0.2, 0) is 10.0 Å². The monoisotopic (exact) mass is 300 g/mol.